The highest BCUT2D eigenvalue weighted by atomic mass is 16.6. The van der Waals surface area contributed by atoms with E-state index in [9.17, 15) is 14.4 Å². The average Bonchev–Trinajstić information content (AvgIpc) is 3.19. The molecular formula is C51H98O6. The van der Waals surface area contributed by atoms with Gasteiger partial charge in [-0.25, -0.2) is 0 Å². The topological polar surface area (TPSA) is 78.9 Å². The lowest BCUT2D eigenvalue weighted by Gasteiger charge is -2.18. The minimum Gasteiger partial charge on any atom is -0.462 e. The highest BCUT2D eigenvalue weighted by Gasteiger charge is 2.19. The largest absolute Gasteiger partial charge is 0.462 e. The fourth-order valence-corrected chi connectivity index (χ4v) is 7.69. The number of carbonyl (C=O) groups is 3. The van der Waals surface area contributed by atoms with E-state index in [0.29, 0.717) is 19.3 Å². The molecule has 6 heteroatoms. The molecule has 1 atom stereocenters. The van der Waals surface area contributed by atoms with E-state index < -0.39 is 6.10 Å². The fraction of sp³-hybridized carbons (Fsp3) is 0.941. The van der Waals surface area contributed by atoms with Crippen LogP contribution in [0.3, 0.4) is 0 Å². The second-order valence-electron chi connectivity index (χ2n) is 17.9. The normalized spacial score (nSPS) is 11.9. The van der Waals surface area contributed by atoms with Crippen LogP contribution in [0, 0.1) is 5.92 Å². The van der Waals surface area contributed by atoms with Crippen molar-refractivity contribution in [1.82, 2.24) is 0 Å². The number of esters is 3. The van der Waals surface area contributed by atoms with Gasteiger partial charge in [0.15, 0.2) is 6.10 Å². The molecule has 0 bridgehead atoms. The van der Waals surface area contributed by atoms with E-state index in [4.69, 9.17) is 14.2 Å². The summed E-state index contributed by atoms with van der Waals surface area (Å²) in [6.45, 7) is 9.01. The van der Waals surface area contributed by atoms with E-state index in [0.717, 1.165) is 63.7 Å². The van der Waals surface area contributed by atoms with Crippen LogP contribution >= 0.6 is 0 Å². The highest BCUT2D eigenvalue weighted by Crippen LogP contribution is 2.17. The Bertz CT molecular complexity index is 857. The van der Waals surface area contributed by atoms with E-state index in [-0.39, 0.29) is 31.1 Å². The van der Waals surface area contributed by atoms with Crippen molar-refractivity contribution in [3.05, 3.63) is 0 Å². The lowest BCUT2D eigenvalue weighted by molar-refractivity contribution is -0.167. The molecule has 0 aromatic heterocycles. The first-order valence-electron chi connectivity index (χ1n) is 25.4. The first-order valence-corrected chi connectivity index (χ1v) is 25.4. The summed E-state index contributed by atoms with van der Waals surface area (Å²) in [5.41, 5.74) is 0. The molecule has 0 aromatic carbocycles. The van der Waals surface area contributed by atoms with Gasteiger partial charge >= 0.3 is 17.9 Å². The van der Waals surface area contributed by atoms with Crippen LogP contribution < -0.4 is 0 Å². The average molecular weight is 807 g/mol. The van der Waals surface area contributed by atoms with Crippen LogP contribution in [0.4, 0.5) is 0 Å². The van der Waals surface area contributed by atoms with Crippen LogP contribution in [-0.4, -0.2) is 37.2 Å². The van der Waals surface area contributed by atoms with E-state index in [1.54, 1.807) is 0 Å². The monoisotopic (exact) mass is 807 g/mol. The smallest absolute Gasteiger partial charge is 0.306 e. The maximum Gasteiger partial charge on any atom is 0.306 e. The van der Waals surface area contributed by atoms with Crippen LogP contribution in [0.25, 0.3) is 0 Å². The van der Waals surface area contributed by atoms with E-state index in [1.165, 1.54) is 180 Å². The first kappa shape index (κ1) is 55.4. The molecule has 0 aliphatic heterocycles. The molecule has 57 heavy (non-hydrogen) atoms. The van der Waals surface area contributed by atoms with Crippen molar-refractivity contribution >= 4 is 17.9 Å². The fourth-order valence-electron chi connectivity index (χ4n) is 7.69. The minimum atomic E-state index is -0.759. The molecule has 0 aromatic rings. The van der Waals surface area contributed by atoms with Crippen molar-refractivity contribution in [2.75, 3.05) is 13.2 Å². The van der Waals surface area contributed by atoms with Gasteiger partial charge in [0.05, 0.1) is 0 Å². The van der Waals surface area contributed by atoms with Gasteiger partial charge in [-0.2, -0.15) is 0 Å². The Hall–Kier alpha value is -1.59. The standard InChI is InChI=1S/C51H98O6/c1-5-7-9-11-13-15-17-18-19-20-23-27-30-34-38-42-49(52)55-45-48(57-51(54)44-40-36-32-26-16-14-12-10-8-6-2)46-56-50(53)43-39-35-31-28-24-21-22-25-29-33-37-41-47(3)4/h47-48H,5-46H2,1-4H3/t48-/m0/s1. The van der Waals surface area contributed by atoms with Crippen molar-refractivity contribution < 1.29 is 28.6 Å². The van der Waals surface area contributed by atoms with Gasteiger partial charge in [-0.15, -0.1) is 0 Å². The summed E-state index contributed by atoms with van der Waals surface area (Å²) in [6.07, 6.45) is 46.6. The summed E-state index contributed by atoms with van der Waals surface area (Å²) >= 11 is 0. The molecule has 0 fully saturated rings. The molecule has 0 aliphatic rings. The Balaban J connectivity index is 4.27. The summed E-state index contributed by atoms with van der Waals surface area (Å²) in [5.74, 6) is -0.0203. The first-order chi connectivity index (χ1) is 27.9. The molecule has 0 heterocycles. The van der Waals surface area contributed by atoms with Gasteiger partial charge in [-0.3, -0.25) is 14.4 Å². The third-order valence-electron chi connectivity index (χ3n) is 11.5. The predicted molar refractivity (Wildman–Crippen MR) is 243 cm³/mol. The summed E-state index contributed by atoms with van der Waals surface area (Å²) < 4.78 is 16.8. The summed E-state index contributed by atoms with van der Waals surface area (Å²) in [4.78, 5) is 37.8. The van der Waals surface area contributed by atoms with Gasteiger partial charge < -0.3 is 14.2 Å². The molecule has 338 valence electrons. The van der Waals surface area contributed by atoms with Crippen molar-refractivity contribution in [3.8, 4) is 0 Å². The number of carbonyl (C=O) groups excluding carboxylic acids is 3. The van der Waals surface area contributed by atoms with Gasteiger partial charge in [0.1, 0.15) is 13.2 Å². The van der Waals surface area contributed by atoms with Gasteiger partial charge in [0, 0.05) is 19.3 Å². The van der Waals surface area contributed by atoms with Crippen molar-refractivity contribution in [2.45, 2.75) is 291 Å². The molecule has 0 amide bonds. The predicted octanol–water partition coefficient (Wildman–Crippen LogP) is 16.3. The van der Waals surface area contributed by atoms with Crippen molar-refractivity contribution in [2.24, 2.45) is 5.92 Å². The van der Waals surface area contributed by atoms with E-state index >= 15 is 0 Å². The van der Waals surface area contributed by atoms with Gasteiger partial charge in [0.25, 0.3) is 0 Å². The Morgan fingerprint density at radius 2 is 0.579 bits per heavy atom. The van der Waals surface area contributed by atoms with Crippen LogP contribution in [0.5, 0.6) is 0 Å². The third-order valence-corrected chi connectivity index (χ3v) is 11.5. The zero-order valence-electron chi connectivity index (χ0n) is 38.8. The Morgan fingerprint density at radius 1 is 0.333 bits per heavy atom. The molecule has 0 spiro atoms. The van der Waals surface area contributed by atoms with E-state index in [2.05, 4.69) is 27.7 Å². The number of hydrogen-bond donors (Lipinski definition) is 0. The van der Waals surface area contributed by atoms with Crippen molar-refractivity contribution in [1.29, 1.82) is 0 Å². The highest BCUT2D eigenvalue weighted by molar-refractivity contribution is 5.71. The minimum absolute atomic E-state index is 0.0629. The number of ether oxygens (including phenoxy) is 3. The second-order valence-corrected chi connectivity index (χ2v) is 17.9. The van der Waals surface area contributed by atoms with Crippen molar-refractivity contribution in [3.63, 3.8) is 0 Å². The molecule has 0 aliphatic carbocycles. The molecule has 0 saturated carbocycles. The Kier molecular flexibility index (Phi) is 44.2. The van der Waals surface area contributed by atoms with Crippen LogP contribution in [0.1, 0.15) is 285 Å². The summed E-state index contributed by atoms with van der Waals surface area (Å²) in [6, 6.07) is 0. The summed E-state index contributed by atoms with van der Waals surface area (Å²) in [5, 5.41) is 0. The quantitative estimate of drug-likeness (QED) is 0.0346. The van der Waals surface area contributed by atoms with Crippen LogP contribution in [0.15, 0.2) is 0 Å². The molecular weight excluding hydrogens is 709 g/mol. The molecule has 0 rings (SSSR count). The van der Waals surface area contributed by atoms with E-state index in [1.807, 2.05) is 0 Å². The van der Waals surface area contributed by atoms with Crippen LogP contribution in [-0.2, 0) is 28.6 Å². The Labute approximate surface area is 355 Å². The zero-order chi connectivity index (χ0) is 41.7. The molecule has 0 saturated heterocycles. The number of rotatable bonds is 46. The van der Waals surface area contributed by atoms with Gasteiger partial charge in [-0.05, 0) is 25.2 Å². The van der Waals surface area contributed by atoms with Gasteiger partial charge in [0.2, 0.25) is 0 Å². The molecule has 0 radical (unpaired) electrons. The third kappa shape index (κ3) is 45.3. The number of unbranched alkanes of at least 4 members (excludes halogenated alkanes) is 33. The zero-order valence-corrected chi connectivity index (χ0v) is 38.8. The lowest BCUT2D eigenvalue weighted by atomic mass is 10.0. The second kappa shape index (κ2) is 45.5. The maximum absolute atomic E-state index is 12.7. The Morgan fingerprint density at radius 3 is 0.860 bits per heavy atom. The molecule has 6 nitrogen and oxygen atoms in total. The number of hydrogen-bond acceptors (Lipinski definition) is 6. The molecule has 0 N–H and O–H groups in total. The summed E-state index contributed by atoms with van der Waals surface area (Å²) in [7, 11) is 0. The maximum atomic E-state index is 12.7. The van der Waals surface area contributed by atoms with Crippen LogP contribution in [0.2, 0.25) is 0 Å². The lowest BCUT2D eigenvalue weighted by Crippen LogP contribution is -2.30. The molecule has 0 unspecified atom stereocenters. The van der Waals surface area contributed by atoms with Gasteiger partial charge in [-0.1, -0.05) is 246 Å². The SMILES string of the molecule is CCCCCCCCCCCCCCCCCC(=O)OC[C@@H](COC(=O)CCCCCCCCCCCCCC(C)C)OC(=O)CCCCCCCCCCCC.